The lowest BCUT2D eigenvalue weighted by Gasteiger charge is -2.44. The molecule has 4 heteroatoms. The first-order valence-electron chi connectivity index (χ1n) is 7.23. The van der Waals surface area contributed by atoms with E-state index in [2.05, 4.69) is 0 Å². The summed E-state index contributed by atoms with van der Waals surface area (Å²) in [4.78, 5) is 0. The predicted molar refractivity (Wildman–Crippen MR) is 84.4 cm³/mol. The summed E-state index contributed by atoms with van der Waals surface area (Å²) in [7, 11) is 0. The number of hydrogen-bond donors (Lipinski definition) is 1. The molecule has 1 aromatic rings. The molecule has 2 fully saturated rings. The minimum absolute atomic E-state index is 0.0150. The molecule has 0 aliphatic carbocycles. The Morgan fingerprint density at radius 3 is 2.95 bits per heavy atom. The highest BCUT2D eigenvalue weighted by Crippen LogP contribution is 2.47. The zero-order chi connectivity index (χ0) is 14.2. The van der Waals surface area contributed by atoms with Crippen LogP contribution in [0.3, 0.4) is 0 Å². The van der Waals surface area contributed by atoms with Crippen LogP contribution in [0.1, 0.15) is 31.7 Å². The third kappa shape index (κ3) is 2.61. The maximum absolute atomic E-state index is 11.1. The van der Waals surface area contributed by atoms with Crippen LogP contribution in [-0.2, 0) is 10.3 Å². The lowest BCUT2D eigenvalue weighted by atomic mass is 9.73. The summed E-state index contributed by atoms with van der Waals surface area (Å²) in [5.41, 5.74) is -0.0596. The molecule has 0 radical (unpaired) electrons. The second-order valence-electron chi connectivity index (χ2n) is 6.15. The molecule has 2 saturated heterocycles. The van der Waals surface area contributed by atoms with Crippen molar-refractivity contribution in [2.24, 2.45) is 5.92 Å². The molecule has 0 amide bonds. The van der Waals surface area contributed by atoms with Crippen molar-refractivity contribution in [2.75, 3.05) is 18.1 Å². The molecule has 1 aromatic carbocycles. The van der Waals surface area contributed by atoms with Crippen LogP contribution in [0.2, 0.25) is 5.02 Å². The van der Waals surface area contributed by atoms with Crippen molar-refractivity contribution in [1.82, 2.24) is 0 Å². The molecule has 2 heterocycles. The van der Waals surface area contributed by atoms with Crippen LogP contribution in [0.25, 0.3) is 0 Å². The van der Waals surface area contributed by atoms with Crippen molar-refractivity contribution < 1.29 is 9.84 Å². The first kappa shape index (κ1) is 14.7. The van der Waals surface area contributed by atoms with Gasteiger partial charge in [0.2, 0.25) is 0 Å². The van der Waals surface area contributed by atoms with Crippen molar-refractivity contribution in [3.63, 3.8) is 0 Å². The van der Waals surface area contributed by atoms with Crippen molar-refractivity contribution in [1.29, 1.82) is 0 Å². The molecule has 3 atom stereocenters. The van der Waals surface area contributed by atoms with E-state index in [0.717, 1.165) is 37.2 Å². The quantitative estimate of drug-likeness (QED) is 0.899. The van der Waals surface area contributed by atoms with Crippen LogP contribution < -0.4 is 0 Å². The zero-order valence-electron chi connectivity index (χ0n) is 11.8. The van der Waals surface area contributed by atoms with Gasteiger partial charge in [-0.2, -0.15) is 11.8 Å². The lowest BCUT2D eigenvalue weighted by molar-refractivity contribution is -0.129. The van der Waals surface area contributed by atoms with Crippen molar-refractivity contribution >= 4 is 23.4 Å². The Morgan fingerprint density at radius 2 is 2.25 bits per heavy atom. The summed E-state index contributed by atoms with van der Waals surface area (Å²) in [5.74, 6) is 2.43. The van der Waals surface area contributed by atoms with Crippen molar-refractivity contribution in [3.8, 4) is 0 Å². The fourth-order valence-electron chi connectivity index (χ4n) is 3.46. The van der Waals surface area contributed by atoms with Gasteiger partial charge in [-0.3, -0.25) is 0 Å². The maximum atomic E-state index is 11.1. The van der Waals surface area contributed by atoms with Crippen LogP contribution in [0.5, 0.6) is 0 Å². The Kier molecular flexibility index (Phi) is 4.06. The molecular weight excluding hydrogens is 292 g/mol. The van der Waals surface area contributed by atoms with E-state index in [9.17, 15) is 5.11 Å². The molecule has 0 aromatic heterocycles. The molecule has 2 aliphatic heterocycles. The van der Waals surface area contributed by atoms with Gasteiger partial charge in [-0.05, 0) is 43.9 Å². The van der Waals surface area contributed by atoms with Gasteiger partial charge < -0.3 is 9.84 Å². The summed E-state index contributed by atoms with van der Waals surface area (Å²) < 4.78 is 6.05. The van der Waals surface area contributed by atoms with Gasteiger partial charge >= 0.3 is 0 Å². The maximum Gasteiger partial charge on any atom is 0.0912 e. The normalized spacial score (nSPS) is 33.2. The summed E-state index contributed by atoms with van der Waals surface area (Å²) in [6.45, 7) is 2.64. The Balaban J connectivity index is 1.85. The van der Waals surface area contributed by atoms with E-state index in [1.807, 2.05) is 43.0 Å². The SMILES string of the molecule is CC(O)(c1ccccc1Cl)C1CCOC2(CCSC2)C1. The van der Waals surface area contributed by atoms with E-state index in [1.54, 1.807) is 0 Å². The van der Waals surface area contributed by atoms with E-state index in [4.69, 9.17) is 16.3 Å². The van der Waals surface area contributed by atoms with Crippen LogP contribution in [-0.4, -0.2) is 28.8 Å². The molecule has 3 rings (SSSR count). The summed E-state index contributed by atoms with van der Waals surface area (Å²) in [6, 6.07) is 7.64. The van der Waals surface area contributed by atoms with Crippen LogP contribution in [0.4, 0.5) is 0 Å². The zero-order valence-corrected chi connectivity index (χ0v) is 13.3. The predicted octanol–water partition coefficient (Wildman–Crippen LogP) is 3.85. The van der Waals surface area contributed by atoms with Gasteiger partial charge in [0, 0.05) is 22.9 Å². The fraction of sp³-hybridized carbons (Fsp3) is 0.625. The Bertz CT molecular complexity index is 483. The van der Waals surface area contributed by atoms with Crippen molar-refractivity contribution in [2.45, 2.75) is 37.4 Å². The first-order chi connectivity index (χ1) is 9.54. The van der Waals surface area contributed by atoms with Gasteiger partial charge in [0.1, 0.15) is 0 Å². The van der Waals surface area contributed by atoms with Crippen molar-refractivity contribution in [3.05, 3.63) is 34.9 Å². The van der Waals surface area contributed by atoms with Gasteiger partial charge in [-0.1, -0.05) is 29.8 Å². The second kappa shape index (κ2) is 5.53. The molecule has 20 heavy (non-hydrogen) atoms. The number of thioether (sulfide) groups is 1. The molecular formula is C16H21ClO2S. The fourth-order valence-corrected chi connectivity index (χ4v) is 5.17. The molecule has 1 N–H and O–H groups in total. The second-order valence-corrected chi connectivity index (χ2v) is 7.66. The number of aliphatic hydroxyl groups is 1. The largest absolute Gasteiger partial charge is 0.385 e. The van der Waals surface area contributed by atoms with E-state index in [-0.39, 0.29) is 11.5 Å². The third-order valence-electron chi connectivity index (χ3n) is 4.77. The van der Waals surface area contributed by atoms with E-state index >= 15 is 0 Å². The number of hydrogen-bond acceptors (Lipinski definition) is 3. The van der Waals surface area contributed by atoms with E-state index in [1.165, 1.54) is 5.75 Å². The highest BCUT2D eigenvalue weighted by atomic mass is 35.5. The monoisotopic (exact) mass is 312 g/mol. The summed E-state index contributed by atoms with van der Waals surface area (Å²) in [5, 5.41) is 11.7. The smallest absolute Gasteiger partial charge is 0.0912 e. The van der Waals surface area contributed by atoms with Gasteiger partial charge in [-0.25, -0.2) is 0 Å². The van der Waals surface area contributed by atoms with Gasteiger partial charge in [-0.15, -0.1) is 0 Å². The van der Waals surface area contributed by atoms with Crippen LogP contribution in [0.15, 0.2) is 24.3 Å². The minimum atomic E-state index is -0.887. The number of halogens is 1. The highest BCUT2D eigenvalue weighted by molar-refractivity contribution is 7.99. The van der Waals surface area contributed by atoms with Gasteiger partial charge in [0.25, 0.3) is 0 Å². The number of benzene rings is 1. The molecule has 2 nitrogen and oxygen atoms in total. The number of rotatable bonds is 2. The molecule has 110 valence electrons. The molecule has 2 aliphatic rings. The van der Waals surface area contributed by atoms with E-state index in [0.29, 0.717) is 5.02 Å². The standard InChI is InChI=1S/C16H21ClO2S/c1-15(18,13-4-2-3-5-14(13)17)12-6-8-19-16(10-12)7-9-20-11-16/h2-5,12,18H,6-11H2,1H3. The molecule has 0 bridgehead atoms. The molecule has 3 unspecified atom stereocenters. The minimum Gasteiger partial charge on any atom is -0.385 e. The Labute approximate surface area is 129 Å². The Hall–Kier alpha value is -0.220. The van der Waals surface area contributed by atoms with Gasteiger partial charge in [0.05, 0.1) is 11.2 Å². The Morgan fingerprint density at radius 1 is 1.45 bits per heavy atom. The molecule has 1 spiro atoms. The average Bonchev–Trinajstić information content (AvgIpc) is 2.87. The summed E-state index contributed by atoms with van der Waals surface area (Å²) in [6.07, 6.45) is 2.93. The number of ether oxygens (including phenoxy) is 1. The third-order valence-corrected chi connectivity index (χ3v) is 6.33. The van der Waals surface area contributed by atoms with E-state index < -0.39 is 5.60 Å². The average molecular weight is 313 g/mol. The van der Waals surface area contributed by atoms with Crippen LogP contribution in [0, 0.1) is 5.92 Å². The topological polar surface area (TPSA) is 29.5 Å². The lowest BCUT2D eigenvalue weighted by Crippen LogP contribution is -2.46. The van der Waals surface area contributed by atoms with Crippen LogP contribution >= 0.6 is 23.4 Å². The molecule has 0 saturated carbocycles. The summed E-state index contributed by atoms with van der Waals surface area (Å²) >= 11 is 8.24. The first-order valence-corrected chi connectivity index (χ1v) is 8.76. The highest BCUT2D eigenvalue weighted by Gasteiger charge is 2.46. The van der Waals surface area contributed by atoms with Gasteiger partial charge in [0.15, 0.2) is 0 Å².